The third-order valence-electron chi connectivity index (χ3n) is 1.88. The van der Waals surface area contributed by atoms with Crippen LogP contribution in [0.4, 0.5) is 0 Å². The molecule has 3 nitrogen and oxygen atoms in total. The highest BCUT2D eigenvalue weighted by Crippen LogP contribution is 2.30. The van der Waals surface area contributed by atoms with Crippen LogP contribution in [0, 0.1) is 12.3 Å². The quantitative estimate of drug-likeness (QED) is 0.742. The number of hydrogen-bond acceptors (Lipinski definition) is 3. The molecule has 0 bridgehead atoms. The van der Waals surface area contributed by atoms with E-state index >= 15 is 0 Å². The van der Waals surface area contributed by atoms with E-state index in [0.717, 1.165) is 5.56 Å². The Morgan fingerprint density at radius 3 is 2.80 bits per heavy atom. The Morgan fingerprint density at radius 2 is 2.20 bits per heavy atom. The van der Waals surface area contributed by atoms with E-state index in [0.29, 0.717) is 24.7 Å². The first-order valence-corrected chi connectivity index (χ1v) is 4.84. The van der Waals surface area contributed by atoms with Gasteiger partial charge in [0, 0.05) is 12.1 Å². The maximum absolute atomic E-state index is 5.60. The van der Waals surface area contributed by atoms with E-state index in [9.17, 15) is 0 Å². The molecule has 0 atom stereocenters. The maximum atomic E-state index is 5.60. The summed E-state index contributed by atoms with van der Waals surface area (Å²) in [6.07, 6.45) is 5.14. The van der Waals surface area contributed by atoms with Crippen molar-refractivity contribution in [3.63, 3.8) is 0 Å². The van der Waals surface area contributed by atoms with Crippen LogP contribution < -0.4 is 15.2 Å². The highest BCUT2D eigenvalue weighted by Gasteiger charge is 2.08. The normalized spacial score (nSPS) is 9.40. The standard InChI is InChI=1S/C12H15NO2/c1-3-8-15-12-10(9-13)6-5-7-11(12)14-4-2/h1,5-7H,4,8-9,13H2,2H3. The predicted octanol–water partition coefficient (Wildman–Crippen LogP) is 1.56. The summed E-state index contributed by atoms with van der Waals surface area (Å²) in [5, 5.41) is 0. The zero-order chi connectivity index (χ0) is 11.1. The van der Waals surface area contributed by atoms with Crippen LogP contribution in [0.1, 0.15) is 12.5 Å². The molecule has 80 valence electrons. The molecule has 2 N–H and O–H groups in total. The first-order chi connectivity index (χ1) is 7.33. The van der Waals surface area contributed by atoms with E-state index in [1.54, 1.807) is 0 Å². The van der Waals surface area contributed by atoms with Gasteiger partial charge in [0.05, 0.1) is 6.61 Å². The molecular formula is C12H15NO2. The molecular weight excluding hydrogens is 190 g/mol. The van der Waals surface area contributed by atoms with Crippen LogP contribution in [0.25, 0.3) is 0 Å². The van der Waals surface area contributed by atoms with Crippen molar-refractivity contribution < 1.29 is 9.47 Å². The third kappa shape index (κ3) is 2.90. The summed E-state index contributed by atoms with van der Waals surface area (Å²) in [5.74, 6) is 3.76. The van der Waals surface area contributed by atoms with Crippen LogP contribution in [0.3, 0.4) is 0 Å². The molecule has 0 aromatic heterocycles. The van der Waals surface area contributed by atoms with Crippen LogP contribution in [0.2, 0.25) is 0 Å². The number of para-hydroxylation sites is 1. The van der Waals surface area contributed by atoms with Crippen molar-refractivity contribution in [3.05, 3.63) is 23.8 Å². The smallest absolute Gasteiger partial charge is 0.167 e. The third-order valence-corrected chi connectivity index (χ3v) is 1.88. The predicted molar refractivity (Wildman–Crippen MR) is 59.8 cm³/mol. The Balaban J connectivity index is 2.98. The van der Waals surface area contributed by atoms with E-state index < -0.39 is 0 Å². The number of hydrogen-bond donors (Lipinski definition) is 1. The van der Waals surface area contributed by atoms with Crippen LogP contribution >= 0.6 is 0 Å². The molecule has 0 amide bonds. The summed E-state index contributed by atoms with van der Waals surface area (Å²) in [6, 6.07) is 5.62. The van der Waals surface area contributed by atoms with Crippen molar-refractivity contribution in [2.24, 2.45) is 5.73 Å². The molecule has 1 aromatic rings. The number of benzene rings is 1. The Bertz CT molecular complexity index is 355. The molecule has 0 saturated heterocycles. The first kappa shape index (κ1) is 11.4. The molecule has 3 heteroatoms. The fourth-order valence-corrected chi connectivity index (χ4v) is 1.27. The largest absolute Gasteiger partial charge is 0.490 e. The van der Waals surface area contributed by atoms with Crippen molar-refractivity contribution in [1.29, 1.82) is 0 Å². The van der Waals surface area contributed by atoms with Crippen LogP contribution in [-0.4, -0.2) is 13.2 Å². The highest BCUT2D eigenvalue weighted by atomic mass is 16.5. The Hall–Kier alpha value is -1.66. The molecule has 0 aliphatic heterocycles. The number of terminal acetylenes is 1. The molecule has 1 aromatic carbocycles. The first-order valence-electron chi connectivity index (χ1n) is 4.84. The molecule has 15 heavy (non-hydrogen) atoms. The zero-order valence-electron chi connectivity index (χ0n) is 8.82. The van der Waals surface area contributed by atoms with Gasteiger partial charge in [-0.1, -0.05) is 18.1 Å². The van der Waals surface area contributed by atoms with E-state index in [-0.39, 0.29) is 6.61 Å². The summed E-state index contributed by atoms with van der Waals surface area (Å²) >= 11 is 0. The summed E-state index contributed by atoms with van der Waals surface area (Å²) < 4.78 is 10.8. The fourth-order valence-electron chi connectivity index (χ4n) is 1.27. The molecule has 0 unspecified atom stereocenters. The minimum Gasteiger partial charge on any atom is -0.490 e. The van der Waals surface area contributed by atoms with Crippen molar-refractivity contribution in [2.75, 3.05) is 13.2 Å². The lowest BCUT2D eigenvalue weighted by Gasteiger charge is -2.13. The van der Waals surface area contributed by atoms with E-state index in [1.165, 1.54) is 0 Å². The average Bonchev–Trinajstić information content (AvgIpc) is 2.27. The van der Waals surface area contributed by atoms with Gasteiger partial charge >= 0.3 is 0 Å². The summed E-state index contributed by atoms with van der Waals surface area (Å²) in [5.41, 5.74) is 6.50. The van der Waals surface area contributed by atoms with Gasteiger partial charge in [-0.25, -0.2) is 0 Å². The number of rotatable bonds is 5. The molecule has 0 heterocycles. The van der Waals surface area contributed by atoms with E-state index in [1.807, 2.05) is 25.1 Å². The second-order valence-electron chi connectivity index (χ2n) is 2.87. The minimum atomic E-state index is 0.219. The SMILES string of the molecule is C#CCOc1c(CN)cccc1OCC. The van der Waals surface area contributed by atoms with Gasteiger partial charge in [0.1, 0.15) is 6.61 Å². The van der Waals surface area contributed by atoms with Gasteiger partial charge in [-0.2, -0.15) is 0 Å². The van der Waals surface area contributed by atoms with Gasteiger partial charge in [-0.15, -0.1) is 6.42 Å². The topological polar surface area (TPSA) is 44.5 Å². The average molecular weight is 205 g/mol. The molecule has 0 saturated carbocycles. The van der Waals surface area contributed by atoms with Gasteiger partial charge in [0.2, 0.25) is 0 Å². The Kier molecular flexibility index (Phi) is 4.52. The summed E-state index contributed by atoms with van der Waals surface area (Å²) in [4.78, 5) is 0. The molecule has 0 spiro atoms. The van der Waals surface area contributed by atoms with Crippen molar-refractivity contribution >= 4 is 0 Å². The Morgan fingerprint density at radius 1 is 1.40 bits per heavy atom. The van der Waals surface area contributed by atoms with Crippen molar-refractivity contribution in [1.82, 2.24) is 0 Å². The van der Waals surface area contributed by atoms with Gasteiger partial charge in [-0.3, -0.25) is 0 Å². The fraction of sp³-hybridized carbons (Fsp3) is 0.333. The maximum Gasteiger partial charge on any atom is 0.167 e. The van der Waals surface area contributed by atoms with E-state index in [2.05, 4.69) is 5.92 Å². The van der Waals surface area contributed by atoms with Gasteiger partial charge in [0.25, 0.3) is 0 Å². The van der Waals surface area contributed by atoms with Gasteiger partial charge in [-0.05, 0) is 13.0 Å². The highest BCUT2D eigenvalue weighted by molar-refractivity contribution is 5.46. The summed E-state index contributed by atoms with van der Waals surface area (Å²) in [7, 11) is 0. The number of nitrogens with two attached hydrogens (primary N) is 1. The van der Waals surface area contributed by atoms with Crippen molar-refractivity contribution in [2.45, 2.75) is 13.5 Å². The second kappa shape index (κ2) is 5.94. The van der Waals surface area contributed by atoms with Crippen LogP contribution in [-0.2, 0) is 6.54 Å². The van der Waals surface area contributed by atoms with Gasteiger partial charge < -0.3 is 15.2 Å². The number of ether oxygens (including phenoxy) is 2. The monoisotopic (exact) mass is 205 g/mol. The lowest BCUT2D eigenvalue weighted by Crippen LogP contribution is -2.05. The summed E-state index contributed by atoms with van der Waals surface area (Å²) in [6.45, 7) is 3.12. The molecule has 1 rings (SSSR count). The molecule has 0 fully saturated rings. The Labute approximate surface area is 90.2 Å². The zero-order valence-corrected chi connectivity index (χ0v) is 8.82. The van der Waals surface area contributed by atoms with Crippen LogP contribution in [0.15, 0.2) is 18.2 Å². The van der Waals surface area contributed by atoms with Gasteiger partial charge in [0.15, 0.2) is 11.5 Å². The minimum absolute atomic E-state index is 0.219. The lowest BCUT2D eigenvalue weighted by molar-refractivity contribution is 0.297. The van der Waals surface area contributed by atoms with Crippen molar-refractivity contribution in [3.8, 4) is 23.8 Å². The second-order valence-corrected chi connectivity index (χ2v) is 2.87. The lowest BCUT2D eigenvalue weighted by atomic mass is 10.2. The molecule has 0 radical (unpaired) electrons. The van der Waals surface area contributed by atoms with Crippen LogP contribution in [0.5, 0.6) is 11.5 Å². The molecule has 0 aliphatic rings. The van der Waals surface area contributed by atoms with E-state index in [4.69, 9.17) is 21.6 Å². The molecule has 0 aliphatic carbocycles.